The third kappa shape index (κ3) is 6.20. The first-order chi connectivity index (χ1) is 36.0. The summed E-state index contributed by atoms with van der Waals surface area (Å²) >= 11 is 0. The van der Waals surface area contributed by atoms with Gasteiger partial charge in [0.1, 0.15) is 11.2 Å². The van der Waals surface area contributed by atoms with Crippen LogP contribution in [0, 0.1) is 0 Å². The van der Waals surface area contributed by atoms with E-state index in [9.17, 15) is 0 Å². The van der Waals surface area contributed by atoms with Gasteiger partial charge in [-0.05, 0) is 138 Å². The molecule has 0 atom stereocenters. The zero-order valence-corrected chi connectivity index (χ0v) is 40.3. The van der Waals surface area contributed by atoms with Crippen molar-refractivity contribution in [2.24, 2.45) is 0 Å². The predicted octanol–water partition coefficient (Wildman–Crippen LogP) is 19.9. The maximum absolute atomic E-state index is 6.79. The van der Waals surface area contributed by atoms with E-state index >= 15 is 0 Å². The number of hydrogen-bond acceptors (Lipinski definition) is 4. The molecule has 4 nitrogen and oxygen atoms in total. The first-order valence-electron chi connectivity index (χ1n) is 25.2. The summed E-state index contributed by atoms with van der Waals surface area (Å²) in [5.41, 5.74) is 16.8. The molecule has 2 aromatic heterocycles. The van der Waals surface area contributed by atoms with Crippen molar-refractivity contribution in [3.8, 4) is 22.3 Å². The van der Waals surface area contributed by atoms with Gasteiger partial charge in [0.05, 0.1) is 11.4 Å². The molecule has 4 heteroatoms. The second-order valence-electron chi connectivity index (χ2n) is 20.0. The van der Waals surface area contributed by atoms with Crippen molar-refractivity contribution in [1.29, 1.82) is 0 Å². The first-order valence-corrected chi connectivity index (χ1v) is 25.2. The Morgan fingerprint density at radius 3 is 1.58 bits per heavy atom. The first kappa shape index (κ1) is 41.4. The summed E-state index contributed by atoms with van der Waals surface area (Å²) < 4.78 is 13.5. The molecular weight excluding hydrogens is 889 g/mol. The van der Waals surface area contributed by atoms with Crippen LogP contribution in [0.25, 0.3) is 98.4 Å². The highest BCUT2D eigenvalue weighted by Gasteiger charge is 2.37. The molecule has 0 N–H and O–H groups in total. The van der Waals surface area contributed by atoms with Crippen LogP contribution in [0.15, 0.2) is 251 Å². The lowest BCUT2D eigenvalue weighted by Gasteiger charge is -2.38. The van der Waals surface area contributed by atoms with Crippen molar-refractivity contribution < 1.29 is 8.83 Å². The molecule has 344 valence electrons. The van der Waals surface area contributed by atoms with Crippen LogP contribution in [0.1, 0.15) is 25.0 Å². The Kier molecular flexibility index (Phi) is 8.97. The Bertz CT molecular complexity index is 4550. The minimum Gasteiger partial charge on any atom is -0.454 e. The lowest BCUT2D eigenvalue weighted by molar-refractivity contribution is 0.645. The number of nitrogens with zero attached hydrogens (tertiary/aromatic N) is 2. The lowest BCUT2D eigenvalue weighted by Crippen LogP contribution is -2.24. The van der Waals surface area contributed by atoms with E-state index in [1.165, 1.54) is 65.7 Å². The fourth-order valence-corrected chi connectivity index (χ4v) is 12.2. The van der Waals surface area contributed by atoms with Crippen LogP contribution in [0.4, 0.5) is 34.1 Å². The molecule has 14 aromatic rings. The van der Waals surface area contributed by atoms with Crippen molar-refractivity contribution >= 4 is 110 Å². The molecule has 0 radical (unpaired) electrons. The van der Waals surface area contributed by atoms with E-state index in [2.05, 4.69) is 254 Å². The van der Waals surface area contributed by atoms with Gasteiger partial charge < -0.3 is 18.6 Å². The Labute approximate surface area is 422 Å². The van der Waals surface area contributed by atoms with Crippen LogP contribution in [0.3, 0.4) is 0 Å². The normalized spacial score (nSPS) is 12.9. The van der Waals surface area contributed by atoms with E-state index < -0.39 is 0 Å². The van der Waals surface area contributed by atoms with Gasteiger partial charge in [-0.2, -0.15) is 0 Å². The highest BCUT2D eigenvalue weighted by atomic mass is 16.3. The van der Waals surface area contributed by atoms with Gasteiger partial charge in [0.2, 0.25) is 0 Å². The van der Waals surface area contributed by atoms with E-state index in [1.807, 2.05) is 12.1 Å². The molecule has 0 fully saturated rings. The van der Waals surface area contributed by atoms with Crippen LogP contribution in [-0.4, -0.2) is 0 Å². The molecule has 73 heavy (non-hydrogen) atoms. The van der Waals surface area contributed by atoms with Crippen molar-refractivity contribution in [3.63, 3.8) is 0 Å². The Morgan fingerprint density at radius 1 is 0.329 bits per heavy atom. The summed E-state index contributed by atoms with van der Waals surface area (Å²) in [6, 6.07) is 88.0. The van der Waals surface area contributed by atoms with Gasteiger partial charge in [0.25, 0.3) is 0 Å². The minimum atomic E-state index is -0.376. The monoisotopic (exact) mass is 934 g/mol. The van der Waals surface area contributed by atoms with Crippen molar-refractivity contribution in [2.45, 2.75) is 19.3 Å². The van der Waals surface area contributed by atoms with Crippen LogP contribution < -0.4 is 9.80 Å². The quantitative estimate of drug-likeness (QED) is 0.149. The maximum Gasteiger partial charge on any atom is 0.159 e. The Balaban J connectivity index is 0.984. The summed E-state index contributed by atoms with van der Waals surface area (Å²) in [7, 11) is 0. The molecule has 1 aliphatic rings. The minimum absolute atomic E-state index is 0.376. The smallest absolute Gasteiger partial charge is 0.159 e. The number of rotatable bonds is 7. The highest BCUT2D eigenvalue weighted by molar-refractivity contribution is 6.25. The summed E-state index contributed by atoms with van der Waals surface area (Å²) in [6.07, 6.45) is 0. The molecule has 15 rings (SSSR count). The van der Waals surface area contributed by atoms with Gasteiger partial charge in [-0.3, -0.25) is 0 Å². The zero-order chi connectivity index (χ0) is 48.4. The second-order valence-corrected chi connectivity index (χ2v) is 20.0. The number of hydrogen-bond donors (Lipinski definition) is 0. The standard InChI is InChI=1S/C69H46N2O2/c1-69(2)58-29-15-26-52-57-41-48(71(47-35-34-43-18-9-10-21-45(43)40-47)61-31-17-28-55-51-25-12-14-33-63(51)73-68(55)61)36-38-53(57)64(44-19-5-3-6-20-44)66(65(52)58)56-39-37-49(42-59(56)69)70(46-22-7-4-8-23-46)60-30-16-27-54-50-24-11-13-32-62(50)72-67(54)60/h3-42H,1-2H3. The van der Waals surface area contributed by atoms with Crippen LogP contribution in [0.5, 0.6) is 0 Å². The van der Waals surface area contributed by atoms with E-state index in [4.69, 9.17) is 8.83 Å². The third-order valence-corrected chi connectivity index (χ3v) is 15.6. The largest absolute Gasteiger partial charge is 0.454 e. The van der Waals surface area contributed by atoms with Crippen LogP contribution >= 0.6 is 0 Å². The van der Waals surface area contributed by atoms with Crippen molar-refractivity contribution in [3.05, 3.63) is 254 Å². The molecular formula is C69H46N2O2. The molecule has 1 aliphatic carbocycles. The molecule has 2 heterocycles. The van der Waals surface area contributed by atoms with Crippen LogP contribution in [0.2, 0.25) is 0 Å². The van der Waals surface area contributed by atoms with Gasteiger partial charge in [-0.1, -0.05) is 184 Å². The second kappa shape index (κ2) is 15.8. The van der Waals surface area contributed by atoms with Crippen LogP contribution in [-0.2, 0) is 5.41 Å². The molecule has 0 saturated carbocycles. The fourth-order valence-electron chi connectivity index (χ4n) is 12.2. The maximum atomic E-state index is 6.79. The van der Waals surface area contributed by atoms with E-state index in [0.29, 0.717) is 0 Å². The number of para-hydroxylation sites is 5. The lowest BCUT2D eigenvalue weighted by atomic mass is 9.66. The summed E-state index contributed by atoms with van der Waals surface area (Å²) in [4.78, 5) is 4.75. The number of furan rings is 2. The molecule has 0 amide bonds. The van der Waals surface area contributed by atoms with Gasteiger partial charge in [-0.25, -0.2) is 0 Å². The number of benzene rings is 12. The summed E-state index contributed by atoms with van der Waals surface area (Å²) in [5, 5.41) is 11.7. The Morgan fingerprint density at radius 2 is 0.863 bits per heavy atom. The van der Waals surface area contributed by atoms with Gasteiger partial charge >= 0.3 is 0 Å². The van der Waals surface area contributed by atoms with E-state index in [-0.39, 0.29) is 5.41 Å². The van der Waals surface area contributed by atoms with E-state index in [0.717, 1.165) is 78.0 Å². The molecule has 0 aliphatic heterocycles. The van der Waals surface area contributed by atoms with Gasteiger partial charge in [0, 0.05) is 49.7 Å². The molecule has 0 saturated heterocycles. The highest BCUT2D eigenvalue weighted by Crippen LogP contribution is 2.56. The topological polar surface area (TPSA) is 32.8 Å². The van der Waals surface area contributed by atoms with E-state index in [1.54, 1.807) is 0 Å². The van der Waals surface area contributed by atoms with Gasteiger partial charge in [0.15, 0.2) is 11.2 Å². The fraction of sp³-hybridized carbons (Fsp3) is 0.0435. The summed E-state index contributed by atoms with van der Waals surface area (Å²) in [5.74, 6) is 0. The van der Waals surface area contributed by atoms with Gasteiger partial charge in [-0.15, -0.1) is 0 Å². The van der Waals surface area contributed by atoms with Crippen molar-refractivity contribution in [1.82, 2.24) is 0 Å². The SMILES string of the molecule is CC1(C)c2cc(N(c3ccccc3)c3cccc4c3oc3ccccc34)ccc2-c2c(-c3ccccc3)c3ccc(N(c4ccc5ccccc5c4)c4cccc5c4oc4ccccc45)cc3c3cccc1c23. The predicted molar refractivity (Wildman–Crippen MR) is 306 cm³/mol. The molecule has 0 unspecified atom stereocenters. The zero-order valence-electron chi connectivity index (χ0n) is 40.3. The molecule has 0 bridgehead atoms. The molecule has 12 aromatic carbocycles. The number of anilines is 6. The average molecular weight is 935 g/mol. The average Bonchev–Trinajstić information content (AvgIpc) is 4.03. The Hall–Kier alpha value is -9.38. The summed E-state index contributed by atoms with van der Waals surface area (Å²) in [6.45, 7) is 4.80. The van der Waals surface area contributed by atoms with Crippen molar-refractivity contribution in [2.75, 3.05) is 9.80 Å². The third-order valence-electron chi connectivity index (χ3n) is 15.6. The number of fused-ring (bicyclic) bond motifs is 11. The molecule has 0 spiro atoms.